The number of fused-ring (bicyclic) bond motifs is 2. The number of urea groups is 1. The summed E-state index contributed by atoms with van der Waals surface area (Å²) in [6.45, 7) is 0.156. The molecule has 0 bridgehead atoms. The van der Waals surface area contributed by atoms with Crippen molar-refractivity contribution in [2.45, 2.75) is 30.4 Å². The van der Waals surface area contributed by atoms with Crippen LogP contribution in [0.25, 0.3) is 16.6 Å². The summed E-state index contributed by atoms with van der Waals surface area (Å²) < 4.78 is 40.5. The number of nitrogens with zero attached hydrogens (tertiary/aromatic N) is 4. The molecule has 3 atom stereocenters. The Morgan fingerprint density at radius 2 is 1.91 bits per heavy atom. The predicted octanol–water partition coefficient (Wildman–Crippen LogP) is 3.49. The number of aromatic nitrogens is 4. The van der Waals surface area contributed by atoms with Gasteiger partial charge in [-0.25, -0.2) is 19.3 Å². The van der Waals surface area contributed by atoms with Crippen LogP contribution in [0, 0.1) is 0 Å². The lowest BCUT2D eigenvalue weighted by Gasteiger charge is -2.22. The summed E-state index contributed by atoms with van der Waals surface area (Å²) >= 11 is 0. The quantitative estimate of drug-likeness (QED) is 0.481. The fourth-order valence-corrected chi connectivity index (χ4v) is 4.61. The molecular formula is C23H17F3N6O2. The van der Waals surface area contributed by atoms with Crippen molar-refractivity contribution in [2.24, 2.45) is 0 Å². The van der Waals surface area contributed by atoms with Crippen molar-refractivity contribution in [3.05, 3.63) is 71.3 Å². The monoisotopic (exact) mass is 466 g/mol. The van der Waals surface area contributed by atoms with E-state index < -0.39 is 29.7 Å². The summed E-state index contributed by atoms with van der Waals surface area (Å²) in [5, 5.41) is 10.0. The minimum absolute atomic E-state index is 0.118. The van der Waals surface area contributed by atoms with Crippen LogP contribution in [0.2, 0.25) is 0 Å². The molecule has 1 saturated carbocycles. The van der Waals surface area contributed by atoms with Gasteiger partial charge in [0, 0.05) is 29.9 Å². The topological polar surface area (TPSA) is 101 Å². The van der Waals surface area contributed by atoms with Crippen molar-refractivity contribution >= 4 is 28.5 Å². The Morgan fingerprint density at radius 3 is 2.71 bits per heavy atom. The van der Waals surface area contributed by atoms with Gasteiger partial charge >= 0.3 is 12.2 Å². The smallest absolute Gasteiger partial charge is 0.337 e. The fourth-order valence-electron chi connectivity index (χ4n) is 4.61. The molecule has 1 aromatic carbocycles. The third kappa shape index (κ3) is 3.44. The van der Waals surface area contributed by atoms with Gasteiger partial charge in [-0.15, -0.1) is 0 Å². The van der Waals surface area contributed by atoms with E-state index in [2.05, 4.69) is 25.7 Å². The van der Waals surface area contributed by atoms with E-state index in [1.807, 2.05) is 18.2 Å². The van der Waals surface area contributed by atoms with Gasteiger partial charge in [0.05, 0.1) is 17.1 Å². The van der Waals surface area contributed by atoms with Gasteiger partial charge in [0.1, 0.15) is 5.69 Å². The normalized spacial score (nSPS) is 22.6. The second-order valence-corrected chi connectivity index (χ2v) is 8.57. The first-order chi connectivity index (χ1) is 16.3. The summed E-state index contributed by atoms with van der Waals surface area (Å²) in [6, 6.07) is 9.09. The number of hydrogen-bond donors (Lipinski definition) is 2. The first-order valence-corrected chi connectivity index (χ1v) is 10.7. The first kappa shape index (κ1) is 20.6. The number of hydrogen-bond acceptors (Lipinski definition) is 5. The summed E-state index contributed by atoms with van der Waals surface area (Å²) in [7, 11) is 0. The largest absolute Gasteiger partial charge is 0.433 e. The van der Waals surface area contributed by atoms with Crippen LogP contribution in [-0.4, -0.2) is 38.1 Å². The summed E-state index contributed by atoms with van der Waals surface area (Å²) in [5.41, 5.74) is 2.55. The molecule has 2 fully saturated rings. The molecule has 4 heterocycles. The third-order valence-corrected chi connectivity index (χ3v) is 6.41. The number of benzene rings is 1. The Hall–Kier alpha value is -4.02. The third-order valence-electron chi connectivity index (χ3n) is 6.41. The lowest BCUT2D eigenvalue weighted by molar-refractivity contribution is -0.141. The maximum absolute atomic E-state index is 13.0. The van der Waals surface area contributed by atoms with Crippen LogP contribution in [0.1, 0.15) is 46.7 Å². The highest BCUT2D eigenvalue weighted by molar-refractivity contribution is 6.00. The van der Waals surface area contributed by atoms with Crippen LogP contribution in [0.4, 0.5) is 18.0 Å². The average molecular weight is 466 g/mol. The molecule has 0 radical (unpaired) electrons. The summed E-state index contributed by atoms with van der Waals surface area (Å²) in [4.78, 5) is 31.9. The molecule has 1 aliphatic heterocycles. The van der Waals surface area contributed by atoms with Gasteiger partial charge in [-0.05, 0) is 48.1 Å². The SMILES string of the molecule is O=C1NCC(c2cc([C@H]3C[C@@H]3c3ccc4nc(C(F)(F)F)ccc4c3)c3nccn3n2)C(=O)N1. The minimum Gasteiger partial charge on any atom is -0.337 e. The van der Waals surface area contributed by atoms with Crippen molar-refractivity contribution in [1.29, 1.82) is 0 Å². The number of imidazole rings is 1. The highest BCUT2D eigenvalue weighted by atomic mass is 19.4. The van der Waals surface area contributed by atoms with E-state index in [-0.39, 0.29) is 18.4 Å². The zero-order chi connectivity index (χ0) is 23.6. The van der Waals surface area contributed by atoms with Gasteiger partial charge in [-0.2, -0.15) is 18.3 Å². The molecule has 4 aromatic rings. The van der Waals surface area contributed by atoms with Gasteiger partial charge in [0.2, 0.25) is 5.91 Å². The van der Waals surface area contributed by atoms with Crippen LogP contribution in [-0.2, 0) is 11.0 Å². The van der Waals surface area contributed by atoms with Gasteiger partial charge in [0.15, 0.2) is 5.65 Å². The molecule has 34 heavy (non-hydrogen) atoms. The van der Waals surface area contributed by atoms with E-state index in [0.29, 0.717) is 22.2 Å². The molecule has 1 saturated heterocycles. The Morgan fingerprint density at radius 1 is 1.06 bits per heavy atom. The number of carbonyl (C=O) groups excluding carboxylic acids is 2. The number of alkyl halides is 3. The number of halogens is 3. The number of carbonyl (C=O) groups is 2. The Balaban J connectivity index is 1.33. The highest BCUT2D eigenvalue weighted by Crippen LogP contribution is 2.55. The molecule has 172 valence electrons. The molecule has 2 aliphatic rings. The van der Waals surface area contributed by atoms with E-state index in [4.69, 9.17) is 0 Å². The number of pyridine rings is 1. The van der Waals surface area contributed by atoms with Gasteiger partial charge < -0.3 is 5.32 Å². The van der Waals surface area contributed by atoms with Crippen molar-refractivity contribution in [1.82, 2.24) is 30.2 Å². The number of imide groups is 1. The molecule has 1 unspecified atom stereocenters. The molecule has 11 heteroatoms. The van der Waals surface area contributed by atoms with E-state index >= 15 is 0 Å². The molecule has 6 rings (SSSR count). The summed E-state index contributed by atoms with van der Waals surface area (Å²) in [5.74, 6) is -0.751. The second kappa shape index (κ2) is 7.24. The molecule has 3 aromatic heterocycles. The standard InChI is InChI=1S/C23H17F3N6O2/c24-23(25,26)19-4-2-12-7-11(1-3-17(12)29-19)13-8-14(13)15-9-18(31-32-6-5-27-20(15)32)16-10-28-22(34)30-21(16)33/h1-7,9,13-14,16H,8,10H2,(H2,28,30,33,34)/t13-,14+,16?/m1/s1. The number of nitrogens with one attached hydrogen (secondary N) is 2. The Kier molecular flexibility index (Phi) is 4.38. The lowest BCUT2D eigenvalue weighted by Crippen LogP contribution is -2.51. The maximum Gasteiger partial charge on any atom is 0.433 e. The van der Waals surface area contributed by atoms with Crippen molar-refractivity contribution in [3.8, 4) is 0 Å². The zero-order valence-electron chi connectivity index (χ0n) is 17.5. The molecule has 2 N–H and O–H groups in total. The second-order valence-electron chi connectivity index (χ2n) is 8.57. The van der Waals surface area contributed by atoms with Crippen LogP contribution in [0.5, 0.6) is 0 Å². The molecule has 1 aliphatic carbocycles. The number of rotatable bonds is 3. The maximum atomic E-state index is 13.0. The zero-order valence-corrected chi connectivity index (χ0v) is 17.5. The molecule has 3 amide bonds. The molecule has 8 nitrogen and oxygen atoms in total. The average Bonchev–Trinajstić information content (AvgIpc) is 3.45. The lowest BCUT2D eigenvalue weighted by atomic mass is 9.98. The van der Waals surface area contributed by atoms with Crippen LogP contribution < -0.4 is 10.6 Å². The molecular weight excluding hydrogens is 449 g/mol. The number of amides is 3. The Labute approximate surface area is 190 Å². The minimum atomic E-state index is -4.48. The van der Waals surface area contributed by atoms with E-state index in [9.17, 15) is 22.8 Å². The Bertz CT molecular complexity index is 1480. The summed E-state index contributed by atoms with van der Waals surface area (Å²) in [6.07, 6.45) is -0.311. The van der Waals surface area contributed by atoms with Gasteiger partial charge in [-0.1, -0.05) is 12.1 Å². The van der Waals surface area contributed by atoms with E-state index in [1.54, 1.807) is 23.0 Å². The van der Waals surface area contributed by atoms with Crippen LogP contribution in [0.3, 0.4) is 0 Å². The van der Waals surface area contributed by atoms with Crippen molar-refractivity contribution < 1.29 is 22.8 Å². The molecule has 0 spiro atoms. The van der Waals surface area contributed by atoms with E-state index in [1.165, 1.54) is 6.07 Å². The first-order valence-electron chi connectivity index (χ1n) is 10.7. The van der Waals surface area contributed by atoms with Gasteiger partial charge in [-0.3, -0.25) is 10.1 Å². The van der Waals surface area contributed by atoms with Crippen molar-refractivity contribution in [2.75, 3.05) is 6.54 Å². The van der Waals surface area contributed by atoms with Crippen LogP contribution in [0.15, 0.2) is 48.8 Å². The van der Waals surface area contributed by atoms with Crippen molar-refractivity contribution in [3.63, 3.8) is 0 Å². The predicted molar refractivity (Wildman–Crippen MR) is 114 cm³/mol. The van der Waals surface area contributed by atoms with E-state index in [0.717, 1.165) is 23.6 Å². The fraction of sp³-hybridized carbons (Fsp3) is 0.261. The van der Waals surface area contributed by atoms with Gasteiger partial charge in [0.25, 0.3) is 0 Å². The van der Waals surface area contributed by atoms with Crippen LogP contribution >= 0.6 is 0 Å². The highest BCUT2D eigenvalue weighted by Gasteiger charge is 2.42.